The van der Waals surface area contributed by atoms with Crippen LogP contribution in [0.5, 0.6) is 11.5 Å². The van der Waals surface area contributed by atoms with Crippen molar-refractivity contribution < 1.29 is 18.4 Å². The summed E-state index contributed by atoms with van der Waals surface area (Å²) in [6.07, 6.45) is 0. The highest BCUT2D eigenvalue weighted by Gasteiger charge is 2.17. The van der Waals surface area contributed by atoms with Gasteiger partial charge in [0.25, 0.3) is 5.22 Å². The summed E-state index contributed by atoms with van der Waals surface area (Å²) in [6.45, 7) is 4.03. The largest absolute Gasteiger partial charge is 0.454 e. The molecule has 0 aliphatic carbocycles. The molecule has 0 radical (unpaired) electrons. The first-order valence-corrected chi connectivity index (χ1v) is 7.97. The van der Waals surface area contributed by atoms with Crippen LogP contribution in [0.4, 0.5) is 0 Å². The van der Waals surface area contributed by atoms with E-state index in [0.29, 0.717) is 28.4 Å². The Morgan fingerprint density at radius 2 is 2.00 bits per heavy atom. The molecule has 1 aliphatic heterocycles. The Hall–Kier alpha value is -2.48. The van der Waals surface area contributed by atoms with E-state index < -0.39 is 0 Å². The average Bonchev–Trinajstić information content (AvgIpc) is 3.25. The number of benzene rings is 1. The molecule has 0 atom stereocenters. The lowest BCUT2D eigenvalue weighted by Crippen LogP contribution is -1.92. The number of rotatable bonds is 4. The van der Waals surface area contributed by atoms with Gasteiger partial charge in [0.15, 0.2) is 11.5 Å². The van der Waals surface area contributed by atoms with Crippen molar-refractivity contribution in [2.45, 2.75) is 24.8 Å². The standard InChI is InChI=1S/C15H13N3O4S/c1-8-9(2)21-15(16-8)23-6-13-17-14(18-22-13)10-3-4-11-12(5-10)20-7-19-11/h3-5H,6-7H2,1-2H3. The van der Waals surface area contributed by atoms with Crippen molar-refractivity contribution >= 4 is 11.8 Å². The van der Waals surface area contributed by atoms with E-state index in [1.807, 2.05) is 32.0 Å². The molecule has 2 aromatic heterocycles. The van der Waals surface area contributed by atoms with Crippen LogP contribution >= 0.6 is 11.8 Å². The molecule has 3 aromatic rings. The van der Waals surface area contributed by atoms with E-state index in [-0.39, 0.29) is 6.79 Å². The van der Waals surface area contributed by atoms with Crippen molar-refractivity contribution in [1.82, 2.24) is 15.1 Å². The number of hydrogen-bond acceptors (Lipinski definition) is 8. The van der Waals surface area contributed by atoms with E-state index in [1.165, 1.54) is 11.8 Å². The van der Waals surface area contributed by atoms with E-state index in [0.717, 1.165) is 22.8 Å². The van der Waals surface area contributed by atoms with Gasteiger partial charge in [-0.25, -0.2) is 4.98 Å². The predicted molar refractivity (Wildman–Crippen MR) is 81.4 cm³/mol. The topological polar surface area (TPSA) is 83.4 Å². The number of thioether (sulfide) groups is 1. The van der Waals surface area contributed by atoms with Gasteiger partial charge in [-0.1, -0.05) is 16.9 Å². The second-order valence-electron chi connectivity index (χ2n) is 4.99. The van der Waals surface area contributed by atoms with Gasteiger partial charge >= 0.3 is 0 Å². The Labute approximate surface area is 136 Å². The fourth-order valence-corrected chi connectivity index (χ4v) is 2.84. The van der Waals surface area contributed by atoms with E-state index in [1.54, 1.807) is 0 Å². The summed E-state index contributed by atoms with van der Waals surface area (Å²) in [4.78, 5) is 8.69. The Morgan fingerprint density at radius 1 is 1.13 bits per heavy atom. The second kappa shape index (κ2) is 5.62. The van der Waals surface area contributed by atoms with Crippen molar-refractivity contribution in [1.29, 1.82) is 0 Å². The molecule has 1 aromatic carbocycles. The third kappa shape index (κ3) is 2.77. The van der Waals surface area contributed by atoms with E-state index in [4.69, 9.17) is 18.4 Å². The predicted octanol–water partition coefficient (Wildman–Crippen LogP) is 3.36. The molecular formula is C15H13N3O4S. The van der Waals surface area contributed by atoms with Gasteiger partial charge in [-0.15, -0.1) is 0 Å². The third-order valence-electron chi connectivity index (χ3n) is 3.43. The minimum absolute atomic E-state index is 0.238. The highest BCUT2D eigenvalue weighted by atomic mass is 32.2. The number of ether oxygens (including phenoxy) is 2. The minimum atomic E-state index is 0.238. The molecule has 0 fully saturated rings. The SMILES string of the molecule is Cc1nc(SCc2nc(-c3ccc4c(c3)OCO4)no2)oc1C. The van der Waals surface area contributed by atoms with Gasteiger partial charge in [0, 0.05) is 5.56 Å². The Kier molecular flexibility index (Phi) is 3.45. The minimum Gasteiger partial charge on any atom is -0.454 e. The molecule has 4 rings (SSSR count). The van der Waals surface area contributed by atoms with Crippen LogP contribution in [0, 0.1) is 13.8 Å². The number of aryl methyl sites for hydroxylation is 2. The van der Waals surface area contributed by atoms with Gasteiger partial charge in [0.05, 0.1) is 11.4 Å². The van der Waals surface area contributed by atoms with Gasteiger partial charge < -0.3 is 18.4 Å². The number of oxazole rings is 1. The third-order valence-corrected chi connectivity index (χ3v) is 4.24. The molecular weight excluding hydrogens is 318 g/mol. The smallest absolute Gasteiger partial charge is 0.256 e. The molecule has 0 saturated carbocycles. The van der Waals surface area contributed by atoms with E-state index in [9.17, 15) is 0 Å². The van der Waals surface area contributed by atoms with Gasteiger partial charge in [-0.2, -0.15) is 4.98 Å². The number of nitrogens with zero attached hydrogens (tertiary/aromatic N) is 3. The molecule has 0 saturated heterocycles. The van der Waals surface area contributed by atoms with E-state index in [2.05, 4.69) is 15.1 Å². The number of hydrogen-bond donors (Lipinski definition) is 0. The zero-order valence-electron chi connectivity index (χ0n) is 12.5. The van der Waals surface area contributed by atoms with Gasteiger partial charge in [-0.3, -0.25) is 0 Å². The lowest BCUT2D eigenvalue weighted by atomic mass is 10.2. The lowest BCUT2D eigenvalue weighted by molar-refractivity contribution is 0.174. The molecule has 8 heteroatoms. The maximum absolute atomic E-state index is 5.51. The van der Waals surface area contributed by atoms with Crippen molar-refractivity contribution in [2.24, 2.45) is 0 Å². The fourth-order valence-electron chi connectivity index (χ4n) is 2.09. The van der Waals surface area contributed by atoms with Crippen molar-refractivity contribution in [3.63, 3.8) is 0 Å². The number of aromatic nitrogens is 3. The van der Waals surface area contributed by atoms with Crippen LogP contribution in [0.2, 0.25) is 0 Å². The van der Waals surface area contributed by atoms with Crippen molar-refractivity contribution in [3.05, 3.63) is 35.5 Å². The summed E-state index contributed by atoms with van der Waals surface area (Å²) in [5, 5.41) is 4.60. The van der Waals surface area contributed by atoms with Crippen molar-refractivity contribution in [2.75, 3.05) is 6.79 Å². The average molecular weight is 331 g/mol. The monoisotopic (exact) mass is 331 g/mol. The first kappa shape index (κ1) is 14.1. The first-order valence-electron chi connectivity index (χ1n) is 6.98. The summed E-state index contributed by atoms with van der Waals surface area (Å²) in [5.74, 6) is 3.75. The zero-order chi connectivity index (χ0) is 15.8. The van der Waals surface area contributed by atoms with Gasteiger partial charge in [0.1, 0.15) is 5.76 Å². The second-order valence-corrected chi connectivity index (χ2v) is 5.92. The summed E-state index contributed by atoms with van der Waals surface area (Å²) in [5.41, 5.74) is 1.70. The van der Waals surface area contributed by atoms with Crippen LogP contribution in [-0.4, -0.2) is 21.9 Å². The van der Waals surface area contributed by atoms with Crippen LogP contribution in [0.15, 0.2) is 32.4 Å². The highest BCUT2D eigenvalue weighted by molar-refractivity contribution is 7.98. The van der Waals surface area contributed by atoms with Gasteiger partial charge in [0.2, 0.25) is 18.5 Å². The Bertz CT molecular complexity index is 839. The van der Waals surface area contributed by atoms with Crippen LogP contribution < -0.4 is 9.47 Å². The van der Waals surface area contributed by atoms with Crippen LogP contribution in [0.3, 0.4) is 0 Å². The molecule has 23 heavy (non-hydrogen) atoms. The lowest BCUT2D eigenvalue weighted by Gasteiger charge is -1.97. The summed E-state index contributed by atoms with van der Waals surface area (Å²) >= 11 is 1.42. The zero-order valence-corrected chi connectivity index (χ0v) is 13.3. The fraction of sp³-hybridized carbons (Fsp3) is 0.267. The molecule has 0 spiro atoms. The molecule has 0 unspecified atom stereocenters. The molecule has 118 valence electrons. The molecule has 7 nitrogen and oxygen atoms in total. The quantitative estimate of drug-likeness (QED) is 0.673. The summed E-state index contributed by atoms with van der Waals surface area (Å²) < 4.78 is 21.4. The van der Waals surface area contributed by atoms with Crippen LogP contribution in [0.25, 0.3) is 11.4 Å². The van der Waals surface area contributed by atoms with Gasteiger partial charge in [-0.05, 0) is 32.0 Å². The van der Waals surface area contributed by atoms with Crippen molar-refractivity contribution in [3.8, 4) is 22.9 Å². The van der Waals surface area contributed by atoms with Crippen LogP contribution in [0.1, 0.15) is 17.3 Å². The molecule has 1 aliphatic rings. The maximum atomic E-state index is 5.51. The molecule has 0 N–H and O–H groups in total. The number of fused-ring (bicyclic) bond motifs is 1. The van der Waals surface area contributed by atoms with E-state index >= 15 is 0 Å². The Morgan fingerprint density at radius 3 is 2.83 bits per heavy atom. The normalized spacial score (nSPS) is 12.8. The first-order chi connectivity index (χ1) is 11.2. The summed E-state index contributed by atoms with van der Waals surface area (Å²) in [6, 6.07) is 5.54. The van der Waals surface area contributed by atoms with Crippen LogP contribution in [-0.2, 0) is 5.75 Å². The Balaban J connectivity index is 1.48. The summed E-state index contributed by atoms with van der Waals surface area (Å²) in [7, 11) is 0. The molecule has 3 heterocycles. The molecule has 0 amide bonds. The maximum Gasteiger partial charge on any atom is 0.256 e. The highest BCUT2D eigenvalue weighted by Crippen LogP contribution is 2.35. The molecule has 0 bridgehead atoms.